The topological polar surface area (TPSA) is 91.6 Å². The minimum absolute atomic E-state index is 0.0115. The number of aromatic nitrogens is 2. The first-order valence-electron chi connectivity index (χ1n) is 10.3. The largest absolute Gasteiger partial charge is 0.449 e. The second-order valence-electron chi connectivity index (χ2n) is 7.29. The number of nitrogens with one attached hydrogen (secondary N) is 1. The number of benzene rings is 2. The smallest absolute Gasteiger partial charge is 0.387 e. The summed E-state index contributed by atoms with van der Waals surface area (Å²) in [6, 6.07) is 14.6. The summed E-state index contributed by atoms with van der Waals surface area (Å²) in [6.45, 7) is 0.142. The van der Waals surface area contributed by atoms with Crippen LogP contribution in [0, 0.1) is 6.92 Å². The van der Waals surface area contributed by atoms with Crippen LogP contribution in [0.25, 0.3) is 11.8 Å². The zero-order valence-electron chi connectivity index (χ0n) is 18.7. The predicted octanol–water partition coefficient (Wildman–Crippen LogP) is 3.67. The van der Waals surface area contributed by atoms with Gasteiger partial charge in [-0.25, -0.2) is 9.48 Å². The number of para-hydroxylation sites is 1. The van der Waals surface area contributed by atoms with Gasteiger partial charge in [0.05, 0.1) is 11.4 Å². The molecular weight excluding hydrogens is 448 g/mol. The summed E-state index contributed by atoms with van der Waals surface area (Å²) in [5.74, 6) is -1.47. The SMILES string of the molecule is Cc1c(NC(=O)C(C)OC(=O)C=Cc2ccc(OC(F)F)cc2)c(=O)n(-c2ccccc2)n1C. The quantitative estimate of drug-likeness (QED) is 0.400. The van der Waals surface area contributed by atoms with Gasteiger partial charge >= 0.3 is 12.6 Å². The van der Waals surface area contributed by atoms with Crippen LogP contribution in [-0.2, 0) is 21.4 Å². The van der Waals surface area contributed by atoms with Gasteiger partial charge in [0.2, 0.25) is 0 Å². The molecule has 1 unspecified atom stereocenters. The van der Waals surface area contributed by atoms with Crippen molar-refractivity contribution in [2.75, 3.05) is 5.32 Å². The molecular formula is C24H23F2N3O5. The molecule has 8 nitrogen and oxygen atoms in total. The van der Waals surface area contributed by atoms with Crippen LogP contribution in [-0.4, -0.2) is 34.0 Å². The molecule has 1 aromatic heterocycles. The molecule has 178 valence electrons. The number of hydrogen-bond acceptors (Lipinski definition) is 5. The van der Waals surface area contributed by atoms with Crippen LogP contribution in [0.1, 0.15) is 18.2 Å². The van der Waals surface area contributed by atoms with E-state index in [9.17, 15) is 23.2 Å². The van der Waals surface area contributed by atoms with Gasteiger partial charge in [0.1, 0.15) is 11.4 Å². The number of rotatable bonds is 8. The molecule has 3 aromatic rings. The molecule has 0 saturated heterocycles. The molecule has 3 rings (SSSR count). The molecule has 1 atom stereocenters. The summed E-state index contributed by atoms with van der Waals surface area (Å²) >= 11 is 0. The van der Waals surface area contributed by atoms with Crippen LogP contribution in [0.15, 0.2) is 65.5 Å². The van der Waals surface area contributed by atoms with E-state index in [1.54, 1.807) is 42.9 Å². The van der Waals surface area contributed by atoms with Gasteiger partial charge in [-0.15, -0.1) is 0 Å². The molecule has 0 radical (unpaired) electrons. The lowest BCUT2D eigenvalue weighted by Crippen LogP contribution is -2.31. The van der Waals surface area contributed by atoms with Crippen molar-refractivity contribution in [3.8, 4) is 11.4 Å². The van der Waals surface area contributed by atoms with Crippen molar-refractivity contribution in [1.29, 1.82) is 0 Å². The van der Waals surface area contributed by atoms with E-state index in [4.69, 9.17) is 4.74 Å². The fourth-order valence-corrected chi connectivity index (χ4v) is 3.13. The third-order valence-corrected chi connectivity index (χ3v) is 4.98. The van der Waals surface area contributed by atoms with Gasteiger partial charge in [0.25, 0.3) is 11.5 Å². The summed E-state index contributed by atoms with van der Waals surface area (Å²) in [5, 5.41) is 2.54. The number of halogens is 2. The molecule has 2 aromatic carbocycles. The standard InChI is InChI=1S/C24H23F2N3O5/c1-15-21(23(32)29(28(15)3)18-7-5-4-6-8-18)27-22(31)16(2)33-20(30)14-11-17-9-12-19(13-10-17)34-24(25)26/h4-14,16,24H,1-3H3,(H,27,31). The fraction of sp³-hybridized carbons (Fsp3) is 0.208. The van der Waals surface area contributed by atoms with Crippen LogP contribution in [0.2, 0.25) is 0 Å². The Morgan fingerprint density at radius 2 is 1.71 bits per heavy atom. The Morgan fingerprint density at radius 3 is 2.32 bits per heavy atom. The van der Waals surface area contributed by atoms with Crippen molar-refractivity contribution in [3.05, 3.63) is 82.3 Å². The minimum Gasteiger partial charge on any atom is -0.449 e. The van der Waals surface area contributed by atoms with Gasteiger partial charge in [-0.1, -0.05) is 30.3 Å². The number of nitrogens with zero attached hydrogens (tertiary/aromatic N) is 2. The Bertz CT molecular complexity index is 1250. The van der Waals surface area contributed by atoms with E-state index in [1.165, 1.54) is 41.9 Å². The molecule has 0 aliphatic heterocycles. The Morgan fingerprint density at radius 1 is 1.06 bits per heavy atom. The molecule has 1 heterocycles. The second-order valence-corrected chi connectivity index (χ2v) is 7.29. The van der Waals surface area contributed by atoms with Crippen LogP contribution in [0.4, 0.5) is 14.5 Å². The summed E-state index contributed by atoms with van der Waals surface area (Å²) in [4.78, 5) is 37.5. The first kappa shape index (κ1) is 24.4. The Labute approximate surface area is 194 Å². The highest BCUT2D eigenvalue weighted by atomic mass is 19.3. The lowest BCUT2D eigenvalue weighted by molar-refractivity contribution is -0.148. The number of esters is 1. The fourth-order valence-electron chi connectivity index (χ4n) is 3.13. The number of amides is 1. The Balaban J connectivity index is 1.63. The van der Waals surface area contributed by atoms with Crippen molar-refractivity contribution in [2.24, 2.45) is 7.05 Å². The molecule has 0 aliphatic rings. The molecule has 34 heavy (non-hydrogen) atoms. The van der Waals surface area contributed by atoms with Crippen molar-refractivity contribution in [1.82, 2.24) is 9.36 Å². The summed E-state index contributed by atoms with van der Waals surface area (Å²) < 4.78 is 36.8. The Kier molecular flexibility index (Phi) is 7.62. The maximum atomic E-state index is 12.9. The second kappa shape index (κ2) is 10.6. The number of alkyl halides is 2. The van der Waals surface area contributed by atoms with Gasteiger partial charge in [0.15, 0.2) is 6.10 Å². The van der Waals surface area contributed by atoms with Gasteiger partial charge < -0.3 is 14.8 Å². The van der Waals surface area contributed by atoms with E-state index in [2.05, 4.69) is 10.1 Å². The minimum atomic E-state index is -2.93. The highest BCUT2D eigenvalue weighted by Crippen LogP contribution is 2.16. The summed E-state index contributed by atoms with van der Waals surface area (Å²) in [5.41, 5.74) is 1.37. The molecule has 10 heteroatoms. The first-order chi connectivity index (χ1) is 16.2. The predicted molar refractivity (Wildman–Crippen MR) is 122 cm³/mol. The Hall–Kier alpha value is -4.21. The van der Waals surface area contributed by atoms with E-state index in [1.807, 2.05) is 6.07 Å². The average molecular weight is 471 g/mol. The third kappa shape index (κ3) is 5.77. The summed E-state index contributed by atoms with van der Waals surface area (Å²) in [6.07, 6.45) is 1.32. The zero-order chi connectivity index (χ0) is 24.8. The van der Waals surface area contributed by atoms with E-state index in [0.717, 1.165) is 6.08 Å². The molecule has 0 fully saturated rings. The molecule has 0 spiro atoms. The number of anilines is 1. The highest BCUT2D eigenvalue weighted by molar-refractivity contribution is 5.97. The first-order valence-corrected chi connectivity index (χ1v) is 10.3. The molecule has 0 saturated carbocycles. The van der Waals surface area contributed by atoms with Gasteiger partial charge in [0, 0.05) is 13.1 Å². The molecule has 0 aliphatic carbocycles. The molecule has 1 amide bonds. The van der Waals surface area contributed by atoms with Gasteiger partial charge in [-0.3, -0.25) is 14.3 Å². The maximum absolute atomic E-state index is 12.9. The maximum Gasteiger partial charge on any atom is 0.387 e. The molecule has 1 N–H and O–H groups in total. The highest BCUT2D eigenvalue weighted by Gasteiger charge is 2.22. The number of hydrogen-bond donors (Lipinski definition) is 1. The lowest BCUT2D eigenvalue weighted by Gasteiger charge is -2.11. The lowest BCUT2D eigenvalue weighted by atomic mass is 10.2. The monoisotopic (exact) mass is 471 g/mol. The van der Waals surface area contributed by atoms with Crippen molar-refractivity contribution >= 4 is 23.6 Å². The normalized spacial score (nSPS) is 12.1. The number of carbonyl (C=O) groups excluding carboxylic acids is 2. The van der Waals surface area contributed by atoms with Crippen LogP contribution >= 0.6 is 0 Å². The van der Waals surface area contributed by atoms with E-state index in [0.29, 0.717) is 16.9 Å². The zero-order valence-corrected chi connectivity index (χ0v) is 18.7. The van der Waals surface area contributed by atoms with Gasteiger partial charge in [-0.2, -0.15) is 8.78 Å². The van der Waals surface area contributed by atoms with Crippen LogP contribution in [0.5, 0.6) is 5.75 Å². The van der Waals surface area contributed by atoms with Gasteiger partial charge in [-0.05, 0) is 49.8 Å². The van der Waals surface area contributed by atoms with Crippen LogP contribution in [0.3, 0.4) is 0 Å². The summed E-state index contributed by atoms with van der Waals surface area (Å²) in [7, 11) is 1.69. The number of ether oxygens (including phenoxy) is 2. The van der Waals surface area contributed by atoms with E-state index < -0.39 is 30.2 Å². The van der Waals surface area contributed by atoms with Crippen molar-refractivity contribution in [3.63, 3.8) is 0 Å². The molecule has 0 bridgehead atoms. The van der Waals surface area contributed by atoms with Crippen molar-refractivity contribution in [2.45, 2.75) is 26.6 Å². The average Bonchev–Trinajstić information content (AvgIpc) is 3.01. The third-order valence-electron chi connectivity index (χ3n) is 4.98. The van der Waals surface area contributed by atoms with E-state index >= 15 is 0 Å². The van der Waals surface area contributed by atoms with Crippen LogP contribution < -0.4 is 15.6 Å². The number of carbonyl (C=O) groups is 2. The van der Waals surface area contributed by atoms with E-state index in [-0.39, 0.29) is 11.4 Å². The van der Waals surface area contributed by atoms with Crippen molar-refractivity contribution < 1.29 is 27.8 Å².